The average molecular weight is 349 g/mol. The Morgan fingerprint density at radius 2 is 2.08 bits per heavy atom. The van der Waals surface area contributed by atoms with E-state index in [4.69, 9.17) is 15.0 Å². The molecule has 0 saturated heterocycles. The zero-order valence-electron chi connectivity index (χ0n) is 13.9. The van der Waals surface area contributed by atoms with E-state index < -0.39 is 0 Å². The number of anilines is 1. The van der Waals surface area contributed by atoms with Gasteiger partial charge in [-0.2, -0.15) is 9.67 Å². The van der Waals surface area contributed by atoms with Crippen molar-refractivity contribution in [1.29, 1.82) is 0 Å². The molecule has 0 aliphatic rings. The maximum absolute atomic E-state index is 6.22. The lowest BCUT2D eigenvalue weighted by molar-refractivity contribution is 0.338. The van der Waals surface area contributed by atoms with E-state index in [1.807, 2.05) is 37.3 Å². The first-order chi connectivity index (χ1) is 12.8. The second kappa shape index (κ2) is 6.63. The minimum Gasteiger partial charge on any atom is -0.492 e. The fourth-order valence-electron chi connectivity index (χ4n) is 2.46. The van der Waals surface area contributed by atoms with Gasteiger partial charge >= 0.3 is 0 Å². The van der Waals surface area contributed by atoms with Crippen LogP contribution in [0.5, 0.6) is 5.75 Å². The fourth-order valence-corrected chi connectivity index (χ4v) is 2.46. The van der Waals surface area contributed by atoms with Gasteiger partial charge in [-0.15, -0.1) is 5.10 Å². The van der Waals surface area contributed by atoms with Gasteiger partial charge in [-0.1, -0.05) is 22.5 Å². The normalized spacial score (nSPS) is 10.8. The van der Waals surface area contributed by atoms with Gasteiger partial charge in [0.05, 0.1) is 6.61 Å². The summed E-state index contributed by atoms with van der Waals surface area (Å²) in [6.45, 7) is 2.43. The number of pyridine rings is 1. The van der Waals surface area contributed by atoms with Crippen LogP contribution in [0.25, 0.3) is 28.7 Å². The number of nitrogens with zero attached hydrogens (tertiary/aromatic N) is 6. The van der Waals surface area contributed by atoms with Crippen LogP contribution in [0.3, 0.4) is 0 Å². The SMILES string of the molecule is CCOc1ccccc1-n1nnc(-c2nc(-c3cccnc3)no2)c1N. The first kappa shape index (κ1) is 15.8. The number of nitrogen functional groups attached to an aromatic ring is 1. The van der Waals surface area contributed by atoms with Gasteiger partial charge in [0, 0.05) is 18.0 Å². The van der Waals surface area contributed by atoms with Crippen molar-refractivity contribution >= 4 is 5.82 Å². The standard InChI is InChI=1S/C17H15N7O2/c1-2-25-13-8-4-3-7-12(13)24-15(18)14(21-23-24)17-20-16(22-26-17)11-6-5-9-19-10-11/h3-10H,2,18H2,1H3. The van der Waals surface area contributed by atoms with Crippen LogP contribution in [0, 0.1) is 0 Å². The van der Waals surface area contributed by atoms with E-state index in [1.54, 1.807) is 18.5 Å². The maximum Gasteiger partial charge on any atom is 0.282 e. The first-order valence-corrected chi connectivity index (χ1v) is 7.95. The summed E-state index contributed by atoms with van der Waals surface area (Å²) in [6, 6.07) is 11.1. The van der Waals surface area contributed by atoms with Gasteiger partial charge in [0.1, 0.15) is 11.4 Å². The molecule has 0 amide bonds. The van der Waals surface area contributed by atoms with E-state index in [0.717, 1.165) is 5.56 Å². The summed E-state index contributed by atoms with van der Waals surface area (Å²) in [5, 5.41) is 12.1. The molecular formula is C17H15N7O2. The Kier molecular flexibility index (Phi) is 4.02. The predicted octanol–water partition coefficient (Wildman–Crippen LogP) is 2.36. The third-order valence-electron chi connectivity index (χ3n) is 3.65. The molecule has 2 N–H and O–H groups in total. The molecular weight excluding hydrogens is 334 g/mol. The topological polar surface area (TPSA) is 118 Å². The van der Waals surface area contributed by atoms with E-state index in [1.165, 1.54) is 4.68 Å². The second-order valence-corrected chi connectivity index (χ2v) is 5.30. The number of para-hydroxylation sites is 2. The molecule has 9 heteroatoms. The van der Waals surface area contributed by atoms with Crippen LogP contribution in [0.4, 0.5) is 5.82 Å². The van der Waals surface area contributed by atoms with Crippen molar-refractivity contribution < 1.29 is 9.26 Å². The highest BCUT2D eigenvalue weighted by atomic mass is 16.5. The van der Waals surface area contributed by atoms with Gasteiger partial charge in [-0.25, -0.2) is 0 Å². The summed E-state index contributed by atoms with van der Waals surface area (Å²) in [7, 11) is 0. The molecule has 9 nitrogen and oxygen atoms in total. The average Bonchev–Trinajstić information content (AvgIpc) is 3.30. The molecule has 0 radical (unpaired) electrons. The van der Waals surface area contributed by atoms with Crippen molar-refractivity contribution in [2.24, 2.45) is 0 Å². The molecule has 0 aliphatic carbocycles. The van der Waals surface area contributed by atoms with Crippen LogP contribution in [0.2, 0.25) is 0 Å². The van der Waals surface area contributed by atoms with Crippen molar-refractivity contribution in [3.63, 3.8) is 0 Å². The molecule has 3 aromatic heterocycles. The van der Waals surface area contributed by atoms with Crippen LogP contribution in [-0.2, 0) is 0 Å². The van der Waals surface area contributed by atoms with E-state index in [-0.39, 0.29) is 11.7 Å². The number of rotatable bonds is 5. The summed E-state index contributed by atoms with van der Waals surface area (Å²) >= 11 is 0. The van der Waals surface area contributed by atoms with Crippen molar-refractivity contribution in [2.75, 3.05) is 12.3 Å². The minimum absolute atomic E-state index is 0.182. The third-order valence-corrected chi connectivity index (χ3v) is 3.65. The highest BCUT2D eigenvalue weighted by Gasteiger charge is 2.21. The second-order valence-electron chi connectivity index (χ2n) is 5.30. The summed E-state index contributed by atoms with van der Waals surface area (Å²) in [5.41, 5.74) is 7.94. The van der Waals surface area contributed by atoms with Gasteiger partial charge in [-0.05, 0) is 31.2 Å². The lowest BCUT2D eigenvalue weighted by Gasteiger charge is -2.10. The molecule has 0 aliphatic heterocycles. The Balaban J connectivity index is 1.72. The van der Waals surface area contributed by atoms with Crippen LogP contribution in [0.1, 0.15) is 6.92 Å². The summed E-state index contributed by atoms with van der Waals surface area (Å²) in [4.78, 5) is 8.37. The Morgan fingerprint density at radius 1 is 1.19 bits per heavy atom. The molecule has 0 saturated carbocycles. The number of ether oxygens (including phenoxy) is 1. The van der Waals surface area contributed by atoms with E-state index in [0.29, 0.717) is 29.6 Å². The van der Waals surface area contributed by atoms with Crippen LogP contribution >= 0.6 is 0 Å². The molecule has 0 bridgehead atoms. The Bertz CT molecular complexity index is 1030. The Hall–Kier alpha value is -3.75. The molecule has 0 unspecified atom stereocenters. The molecule has 130 valence electrons. The lowest BCUT2D eigenvalue weighted by Crippen LogP contribution is -2.05. The fraction of sp³-hybridized carbons (Fsp3) is 0.118. The van der Waals surface area contributed by atoms with Gasteiger partial charge < -0.3 is 15.0 Å². The minimum atomic E-state index is 0.182. The molecule has 0 atom stereocenters. The van der Waals surface area contributed by atoms with Crippen LogP contribution in [0.15, 0.2) is 53.3 Å². The van der Waals surface area contributed by atoms with E-state index >= 15 is 0 Å². The van der Waals surface area contributed by atoms with Gasteiger partial charge in [-0.3, -0.25) is 4.98 Å². The monoisotopic (exact) mass is 349 g/mol. The first-order valence-electron chi connectivity index (χ1n) is 7.95. The van der Waals surface area contributed by atoms with E-state index in [2.05, 4.69) is 25.4 Å². The Labute approximate surface area is 148 Å². The molecule has 26 heavy (non-hydrogen) atoms. The number of hydrogen-bond acceptors (Lipinski definition) is 8. The lowest BCUT2D eigenvalue weighted by atomic mass is 10.3. The summed E-state index contributed by atoms with van der Waals surface area (Å²) < 4.78 is 12.4. The smallest absolute Gasteiger partial charge is 0.282 e. The number of benzene rings is 1. The molecule has 0 spiro atoms. The molecule has 0 fully saturated rings. The summed E-state index contributed by atoms with van der Waals surface area (Å²) in [6.07, 6.45) is 3.32. The van der Waals surface area contributed by atoms with Gasteiger partial charge in [0.2, 0.25) is 5.82 Å². The van der Waals surface area contributed by atoms with E-state index in [9.17, 15) is 0 Å². The summed E-state index contributed by atoms with van der Waals surface area (Å²) in [5.74, 6) is 1.51. The predicted molar refractivity (Wildman–Crippen MR) is 93.5 cm³/mol. The van der Waals surface area contributed by atoms with Crippen LogP contribution < -0.4 is 10.5 Å². The molecule has 3 heterocycles. The molecule has 1 aromatic carbocycles. The number of aromatic nitrogens is 6. The van der Waals surface area contributed by atoms with Gasteiger partial charge in [0.25, 0.3) is 5.89 Å². The molecule has 4 rings (SSSR count). The highest BCUT2D eigenvalue weighted by molar-refractivity contribution is 5.67. The largest absolute Gasteiger partial charge is 0.492 e. The molecule has 4 aromatic rings. The van der Waals surface area contributed by atoms with Crippen molar-refractivity contribution in [3.05, 3.63) is 48.8 Å². The maximum atomic E-state index is 6.22. The van der Waals surface area contributed by atoms with Crippen molar-refractivity contribution in [1.82, 2.24) is 30.1 Å². The zero-order chi connectivity index (χ0) is 17.9. The quantitative estimate of drug-likeness (QED) is 0.583. The third kappa shape index (κ3) is 2.75. The Morgan fingerprint density at radius 3 is 2.88 bits per heavy atom. The number of hydrogen-bond donors (Lipinski definition) is 1. The van der Waals surface area contributed by atoms with Crippen molar-refractivity contribution in [3.8, 4) is 34.4 Å². The van der Waals surface area contributed by atoms with Gasteiger partial charge in [0.15, 0.2) is 11.5 Å². The number of nitrogens with two attached hydrogens (primary N) is 1. The highest BCUT2D eigenvalue weighted by Crippen LogP contribution is 2.29. The van der Waals surface area contributed by atoms with Crippen molar-refractivity contribution in [2.45, 2.75) is 6.92 Å². The zero-order valence-corrected chi connectivity index (χ0v) is 13.9. The van der Waals surface area contributed by atoms with Crippen LogP contribution in [-0.4, -0.2) is 36.7 Å².